The predicted octanol–water partition coefficient (Wildman–Crippen LogP) is 0.203. The zero-order valence-corrected chi connectivity index (χ0v) is 11.0. The van der Waals surface area contributed by atoms with Gasteiger partial charge in [0.1, 0.15) is 0 Å². The van der Waals surface area contributed by atoms with Gasteiger partial charge in [0.2, 0.25) is 0 Å². The maximum atomic E-state index is 12.3. The summed E-state index contributed by atoms with van der Waals surface area (Å²) in [4.78, 5) is 0. The fraction of sp³-hybridized carbons (Fsp3) is 0.700. The molecule has 0 amide bonds. The average Bonchev–Trinajstić information content (AvgIpc) is 2.71. The van der Waals surface area contributed by atoms with Gasteiger partial charge in [-0.1, -0.05) is 13.3 Å². The molecule has 1 rings (SSSR count). The van der Waals surface area contributed by atoms with E-state index >= 15 is 0 Å². The van der Waals surface area contributed by atoms with Crippen molar-refractivity contribution >= 4 is 10.0 Å². The lowest BCUT2D eigenvalue weighted by molar-refractivity contribution is 0.251. The van der Waals surface area contributed by atoms with Gasteiger partial charge in [0.25, 0.3) is 10.0 Å². The Morgan fingerprint density at radius 2 is 2.18 bits per heavy atom. The molecule has 1 N–H and O–H groups in total. The second-order valence-electron chi connectivity index (χ2n) is 3.77. The number of aliphatic hydroxyl groups excluding tert-OH is 1. The zero-order chi connectivity index (χ0) is 12.9. The number of rotatable bonds is 7. The van der Waals surface area contributed by atoms with Crippen LogP contribution in [0.25, 0.3) is 0 Å². The van der Waals surface area contributed by atoms with Gasteiger partial charge in [-0.3, -0.25) is 4.68 Å². The highest BCUT2D eigenvalue weighted by atomic mass is 32.2. The number of sulfonamides is 1. The monoisotopic (exact) mass is 261 g/mol. The SMILES string of the molecule is CCCCN(CCO)S(=O)(=O)c1ccnn1C. The largest absolute Gasteiger partial charge is 0.395 e. The van der Waals surface area contributed by atoms with Crippen molar-refractivity contribution in [3.8, 4) is 0 Å². The lowest BCUT2D eigenvalue weighted by Gasteiger charge is -2.20. The Bertz CT molecular complexity index is 441. The molecule has 0 bridgehead atoms. The van der Waals surface area contributed by atoms with E-state index in [4.69, 9.17) is 5.11 Å². The van der Waals surface area contributed by atoms with Crippen LogP contribution in [-0.4, -0.2) is 47.3 Å². The normalized spacial score (nSPS) is 12.2. The van der Waals surface area contributed by atoms with Crippen LogP contribution in [0.2, 0.25) is 0 Å². The van der Waals surface area contributed by atoms with Crippen LogP contribution in [0, 0.1) is 0 Å². The number of hydrogen-bond donors (Lipinski definition) is 1. The molecule has 0 radical (unpaired) electrons. The van der Waals surface area contributed by atoms with Gasteiger partial charge >= 0.3 is 0 Å². The van der Waals surface area contributed by atoms with Gasteiger partial charge in [-0.2, -0.15) is 9.40 Å². The van der Waals surface area contributed by atoms with Gasteiger partial charge in [-0.25, -0.2) is 8.42 Å². The van der Waals surface area contributed by atoms with Crippen LogP contribution in [0.3, 0.4) is 0 Å². The van der Waals surface area contributed by atoms with E-state index in [0.29, 0.717) is 6.54 Å². The van der Waals surface area contributed by atoms with Gasteiger partial charge in [0, 0.05) is 20.1 Å². The molecule has 0 aliphatic heterocycles. The summed E-state index contributed by atoms with van der Waals surface area (Å²) < 4.78 is 27.2. The summed E-state index contributed by atoms with van der Waals surface area (Å²) in [5.74, 6) is 0. The molecule has 1 heterocycles. The lowest BCUT2D eigenvalue weighted by Crippen LogP contribution is -2.35. The minimum absolute atomic E-state index is 0.119. The minimum atomic E-state index is -3.55. The number of unbranched alkanes of at least 4 members (excludes halogenated alkanes) is 1. The van der Waals surface area contributed by atoms with Gasteiger partial charge in [0.15, 0.2) is 5.03 Å². The van der Waals surface area contributed by atoms with Crippen LogP contribution in [0.15, 0.2) is 17.3 Å². The highest BCUT2D eigenvalue weighted by Gasteiger charge is 2.26. The molecule has 1 aromatic heterocycles. The molecule has 0 spiro atoms. The minimum Gasteiger partial charge on any atom is -0.395 e. The van der Waals surface area contributed by atoms with Crippen molar-refractivity contribution in [3.05, 3.63) is 12.3 Å². The molecule has 0 saturated carbocycles. The van der Waals surface area contributed by atoms with Crippen molar-refractivity contribution in [2.24, 2.45) is 7.05 Å². The average molecular weight is 261 g/mol. The quantitative estimate of drug-likeness (QED) is 0.761. The number of hydrogen-bond acceptors (Lipinski definition) is 4. The Morgan fingerprint density at radius 1 is 1.47 bits per heavy atom. The summed E-state index contributed by atoms with van der Waals surface area (Å²) in [6, 6.07) is 1.46. The molecule has 0 unspecified atom stereocenters. The molecule has 7 heteroatoms. The summed E-state index contributed by atoms with van der Waals surface area (Å²) in [5.41, 5.74) is 0. The topological polar surface area (TPSA) is 75.4 Å². The Hall–Kier alpha value is -0.920. The number of nitrogens with zero attached hydrogens (tertiary/aromatic N) is 3. The lowest BCUT2D eigenvalue weighted by atomic mass is 10.3. The van der Waals surface area contributed by atoms with Crippen LogP contribution < -0.4 is 0 Å². The first-order valence-electron chi connectivity index (χ1n) is 5.63. The predicted molar refractivity (Wildman–Crippen MR) is 64.0 cm³/mol. The first-order valence-corrected chi connectivity index (χ1v) is 7.07. The van der Waals surface area contributed by atoms with Gasteiger partial charge in [0.05, 0.1) is 12.8 Å². The van der Waals surface area contributed by atoms with Crippen molar-refractivity contribution in [1.29, 1.82) is 0 Å². The van der Waals surface area contributed by atoms with Gasteiger partial charge in [-0.05, 0) is 12.5 Å². The zero-order valence-electron chi connectivity index (χ0n) is 10.2. The van der Waals surface area contributed by atoms with Crippen molar-refractivity contribution < 1.29 is 13.5 Å². The molecule has 6 nitrogen and oxygen atoms in total. The Labute approximate surface area is 102 Å². The number of aliphatic hydroxyl groups is 1. The number of aromatic nitrogens is 2. The van der Waals surface area contributed by atoms with Crippen LogP contribution in [0.1, 0.15) is 19.8 Å². The van der Waals surface area contributed by atoms with E-state index in [-0.39, 0.29) is 18.2 Å². The highest BCUT2D eigenvalue weighted by molar-refractivity contribution is 7.89. The maximum absolute atomic E-state index is 12.3. The highest BCUT2D eigenvalue weighted by Crippen LogP contribution is 2.14. The van der Waals surface area contributed by atoms with Crippen LogP contribution in [0.5, 0.6) is 0 Å². The third-order valence-electron chi connectivity index (χ3n) is 2.49. The van der Waals surface area contributed by atoms with E-state index in [9.17, 15) is 8.42 Å². The summed E-state index contributed by atoms with van der Waals surface area (Å²) >= 11 is 0. The number of aryl methyl sites for hydroxylation is 1. The molecule has 1 aromatic rings. The van der Waals surface area contributed by atoms with Crippen molar-refractivity contribution in [2.75, 3.05) is 19.7 Å². The van der Waals surface area contributed by atoms with Crippen molar-refractivity contribution in [2.45, 2.75) is 24.8 Å². The van der Waals surface area contributed by atoms with E-state index in [1.165, 1.54) is 21.3 Å². The van der Waals surface area contributed by atoms with Crippen molar-refractivity contribution in [1.82, 2.24) is 14.1 Å². The summed E-state index contributed by atoms with van der Waals surface area (Å²) in [6.45, 7) is 2.35. The van der Waals surface area contributed by atoms with E-state index in [1.807, 2.05) is 6.92 Å². The second-order valence-corrected chi connectivity index (χ2v) is 5.66. The van der Waals surface area contributed by atoms with E-state index in [2.05, 4.69) is 5.10 Å². The molecule has 0 aromatic carbocycles. The maximum Gasteiger partial charge on any atom is 0.260 e. The molecule has 0 atom stereocenters. The molecule has 0 aliphatic carbocycles. The standard InChI is InChI=1S/C10H19N3O3S/c1-3-4-7-13(8-9-14)17(15,16)10-5-6-11-12(10)2/h5-6,14H,3-4,7-9H2,1-2H3. The molecular weight excluding hydrogens is 242 g/mol. The van der Waals surface area contributed by atoms with E-state index < -0.39 is 10.0 Å². The van der Waals surface area contributed by atoms with Crippen LogP contribution >= 0.6 is 0 Å². The summed E-state index contributed by atoms with van der Waals surface area (Å²) in [7, 11) is -1.96. The molecule has 17 heavy (non-hydrogen) atoms. The van der Waals surface area contributed by atoms with E-state index in [0.717, 1.165) is 12.8 Å². The Balaban J connectivity index is 2.96. The summed E-state index contributed by atoms with van der Waals surface area (Å²) in [6.07, 6.45) is 3.13. The van der Waals surface area contributed by atoms with Gasteiger partial charge in [-0.15, -0.1) is 0 Å². The molecule has 0 aliphatic rings. The first-order chi connectivity index (χ1) is 8.04. The molecule has 0 fully saturated rings. The fourth-order valence-corrected chi connectivity index (χ4v) is 3.12. The molecular formula is C10H19N3O3S. The second kappa shape index (κ2) is 6.13. The van der Waals surface area contributed by atoms with Crippen LogP contribution in [0.4, 0.5) is 0 Å². The molecule has 98 valence electrons. The van der Waals surface area contributed by atoms with E-state index in [1.54, 1.807) is 7.05 Å². The molecule has 0 saturated heterocycles. The Kier molecular flexibility index (Phi) is 5.10. The third kappa shape index (κ3) is 3.27. The third-order valence-corrected chi connectivity index (χ3v) is 4.46. The summed E-state index contributed by atoms with van der Waals surface area (Å²) in [5, 5.41) is 12.9. The van der Waals surface area contributed by atoms with Crippen molar-refractivity contribution in [3.63, 3.8) is 0 Å². The van der Waals surface area contributed by atoms with Crippen LogP contribution in [-0.2, 0) is 17.1 Å². The van der Waals surface area contributed by atoms with Gasteiger partial charge < -0.3 is 5.11 Å². The fourth-order valence-electron chi connectivity index (χ4n) is 1.55. The smallest absolute Gasteiger partial charge is 0.260 e. The first kappa shape index (κ1) is 14.1. The Morgan fingerprint density at radius 3 is 2.65 bits per heavy atom.